The minimum atomic E-state index is -0.350. The maximum atomic E-state index is 13.4. The molecule has 2 nitrogen and oxygen atoms in total. The molecule has 0 unspecified atom stereocenters. The number of benzene rings is 1. The molecule has 0 saturated heterocycles. The van der Waals surface area contributed by atoms with Gasteiger partial charge in [-0.05, 0) is 31.8 Å². The Kier molecular flexibility index (Phi) is 3.55. The van der Waals surface area contributed by atoms with Gasteiger partial charge < -0.3 is 10.6 Å². The Morgan fingerprint density at radius 2 is 2.14 bits per heavy atom. The summed E-state index contributed by atoms with van der Waals surface area (Å²) in [5, 5.41) is 0. The zero-order valence-electron chi connectivity index (χ0n) is 8.25. The first-order valence-corrected chi connectivity index (χ1v) is 4.64. The van der Waals surface area contributed by atoms with Crippen molar-refractivity contribution in [3.05, 3.63) is 35.1 Å². The zero-order chi connectivity index (χ0) is 10.7. The van der Waals surface area contributed by atoms with Gasteiger partial charge in [0.05, 0.1) is 0 Å². The van der Waals surface area contributed by atoms with Gasteiger partial charge in [-0.15, -0.1) is 0 Å². The molecule has 0 atom stereocenters. The third-order valence-electron chi connectivity index (χ3n) is 1.80. The van der Waals surface area contributed by atoms with E-state index in [1.165, 1.54) is 6.07 Å². The second kappa shape index (κ2) is 4.48. The van der Waals surface area contributed by atoms with Gasteiger partial charge in [-0.3, -0.25) is 0 Å². The van der Waals surface area contributed by atoms with Crippen LogP contribution in [0.5, 0.6) is 0 Å². The van der Waals surface area contributed by atoms with Gasteiger partial charge in [-0.1, -0.05) is 18.3 Å². The first kappa shape index (κ1) is 11.1. The van der Waals surface area contributed by atoms with Crippen LogP contribution in [0.4, 0.5) is 4.39 Å². The molecule has 76 valence electrons. The first-order chi connectivity index (χ1) is 6.50. The molecule has 2 N–H and O–H groups in total. The van der Waals surface area contributed by atoms with Crippen LogP contribution in [0.2, 0.25) is 0 Å². The van der Waals surface area contributed by atoms with Gasteiger partial charge in [0, 0.05) is 12.1 Å². The predicted molar refractivity (Wildman–Crippen MR) is 59.7 cm³/mol. The second-order valence-electron chi connectivity index (χ2n) is 3.42. The fourth-order valence-corrected chi connectivity index (χ4v) is 1.39. The number of halogens is 1. The molecule has 0 bridgehead atoms. The average Bonchev–Trinajstić information content (AvgIpc) is 2.01. The van der Waals surface area contributed by atoms with Crippen molar-refractivity contribution < 1.29 is 4.39 Å². The number of nitrogens with two attached hydrogens (primary N) is 1. The highest BCUT2D eigenvalue weighted by molar-refractivity contribution is 7.80. The summed E-state index contributed by atoms with van der Waals surface area (Å²) < 4.78 is 13.4. The number of hydrogen-bond donors (Lipinski definition) is 1. The van der Waals surface area contributed by atoms with E-state index in [0.29, 0.717) is 12.1 Å². The molecule has 0 aromatic heterocycles. The molecular weight excluding hydrogens is 199 g/mol. The van der Waals surface area contributed by atoms with E-state index >= 15 is 0 Å². The van der Waals surface area contributed by atoms with Crippen molar-refractivity contribution in [2.45, 2.75) is 6.54 Å². The standard InChI is InChI=1S/C10H13FN2S/c1-13(2)6-7-3-4-8(10(12)14)9(11)5-7/h3-5H,6H2,1-2H3,(H2,12,14). The Bertz CT molecular complexity index is 350. The number of hydrogen-bond acceptors (Lipinski definition) is 2. The lowest BCUT2D eigenvalue weighted by atomic mass is 10.1. The molecule has 1 aromatic rings. The van der Waals surface area contributed by atoms with Crippen LogP contribution in [0.25, 0.3) is 0 Å². The molecule has 0 aliphatic heterocycles. The second-order valence-corrected chi connectivity index (χ2v) is 3.86. The van der Waals surface area contributed by atoms with Crippen LogP contribution in [-0.4, -0.2) is 24.0 Å². The Hall–Kier alpha value is -1.00. The highest BCUT2D eigenvalue weighted by atomic mass is 32.1. The summed E-state index contributed by atoms with van der Waals surface area (Å²) in [7, 11) is 3.86. The normalized spacial score (nSPS) is 10.6. The molecule has 1 aromatic carbocycles. The smallest absolute Gasteiger partial charge is 0.133 e. The van der Waals surface area contributed by atoms with Gasteiger partial charge in [0.25, 0.3) is 0 Å². The first-order valence-electron chi connectivity index (χ1n) is 4.23. The summed E-state index contributed by atoms with van der Waals surface area (Å²) in [5.41, 5.74) is 6.56. The third-order valence-corrected chi connectivity index (χ3v) is 2.02. The quantitative estimate of drug-likeness (QED) is 0.770. The highest BCUT2D eigenvalue weighted by Gasteiger charge is 2.05. The van der Waals surface area contributed by atoms with Crippen molar-refractivity contribution in [1.29, 1.82) is 0 Å². The zero-order valence-corrected chi connectivity index (χ0v) is 9.07. The lowest BCUT2D eigenvalue weighted by Crippen LogP contribution is -2.14. The summed E-state index contributed by atoms with van der Waals surface area (Å²) in [5.74, 6) is -0.350. The van der Waals surface area contributed by atoms with Gasteiger partial charge in [0.15, 0.2) is 0 Å². The van der Waals surface area contributed by atoms with Crippen molar-refractivity contribution >= 4 is 17.2 Å². The van der Waals surface area contributed by atoms with E-state index in [4.69, 9.17) is 18.0 Å². The van der Waals surface area contributed by atoms with Crippen molar-refractivity contribution in [3.8, 4) is 0 Å². The molecule has 4 heteroatoms. The van der Waals surface area contributed by atoms with Crippen molar-refractivity contribution in [3.63, 3.8) is 0 Å². The summed E-state index contributed by atoms with van der Waals surface area (Å²) in [4.78, 5) is 2.06. The van der Waals surface area contributed by atoms with E-state index in [2.05, 4.69) is 0 Å². The Morgan fingerprint density at radius 3 is 2.57 bits per heavy atom. The summed E-state index contributed by atoms with van der Waals surface area (Å²) in [6.07, 6.45) is 0. The molecule has 0 aliphatic carbocycles. The predicted octanol–water partition coefficient (Wildman–Crippen LogP) is 1.52. The number of rotatable bonds is 3. The van der Waals surface area contributed by atoms with E-state index in [9.17, 15) is 4.39 Å². The topological polar surface area (TPSA) is 29.3 Å². The fraction of sp³-hybridized carbons (Fsp3) is 0.300. The molecule has 0 fully saturated rings. The van der Waals surface area contributed by atoms with Crippen LogP contribution in [0.3, 0.4) is 0 Å². The molecule has 0 saturated carbocycles. The molecule has 1 rings (SSSR count). The van der Waals surface area contributed by atoms with Crippen LogP contribution in [0.1, 0.15) is 11.1 Å². The van der Waals surface area contributed by atoms with Crippen LogP contribution in [-0.2, 0) is 6.54 Å². The van der Waals surface area contributed by atoms with E-state index in [1.54, 1.807) is 6.07 Å². The molecule has 0 aliphatic rings. The van der Waals surface area contributed by atoms with E-state index in [-0.39, 0.29) is 10.8 Å². The Labute approximate surface area is 88.5 Å². The number of nitrogens with zero attached hydrogens (tertiary/aromatic N) is 1. The maximum absolute atomic E-state index is 13.4. The lowest BCUT2D eigenvalue weighted by molar-refractivity contribution is 0.401. The third kappa shape index (κ3) is 2.75. The van der Waals surface area contributed by atoms with Gasteiger partial charge in [0.1, 0.15) is 10.8 Å². The van der Waals surface area contributed by atoms with Gasteiger partial charge in [-0.25, -0.2) is 4.39 Å². The highest BCUT2D eigenvalue weighted by Crippen LogP contribution is 2.11. The fourth-order valence-electron chi connectivity index (χ4n) is 1.22. The van der Waals surface area contributed by atoms with E-state index in [1.807, 2.05) is 25.1 Å². The van der Waals surface area contributed by atoms with Gasteiger partial charge in [0.2, 0.25) is 0 Å². The van der Waals surface area contributed by atoms with Crippen molar-refractivity contribution in [2.75, 3.05) is 14.1 Å². The van der Waals surface area contributed by atoms with Gasteiger partial charge >= 0.3 is 0 Å². The Balaban J connectivity index is 2.94. The van der Waals surface area contributed by atoms with Crippen LogP contribution in [0, 0.1) is 5.82 Å². The van der Waals surface area contributed by atoms with Gasteiger partial charge in [-0.2, -0.15) is 0 Å². The molecule has 0 amide bonds. The molecular formula is C10H13FN2S. The lowest BCUT2D eigenvalue weighted by Gasteiger charge is -2.10. The largest absolute Gasteiger partial charge is 0.389 e. The Morgan fingerprint density at radius 1 is 1.50 bits per heavy atom. The minimum Gasteiger partial charge on any atom is -0.389 e. The van der Waals surface area contributed by atoms with Crippen LogP contribution < -0.4 is 5.73 Å². The van der Waals surface area contributed by atoms with E-state index in [0.717, 1.165) is 5.56 Å². The van der Waals surface area contributed by atoms with Crippen molar-refractivity contribution in [1.82, 2.24) is 4.90 Å². The minimum absolute atomic E-state index is 0.0962. The number of thiocarbonyl (C=S) groups is 1. The average molecular weight is 212 g/mol. The molecule has 14 heavy (non-hydrogen) atoms. The van der Waals surface area contributed by atoms with Crippen LogP contribution in [0.15, 0.2) is 18.2 Å². The monoisotopic (exact) mass is 212 g/mol. The SMILES string of the molecule is CN(C)Cc1ccc(C(N)=S)c(F)c1. The van der Waals surface area contributed by atoms with Crippen molar-refractivity contribution in [2.24, 2.45) is 5.73 Å². The molecule has 0 radical (unpaired) electrons. The molecule has 0 heterocycles. The summed E-state index contributed by atoms with van der Waals surface area (Å²) >= 11 is 4.71. The molecule has 0 spiro atoms. The summed E-state index contributed by atoms with van der Waals surface area (Å²) in [6.45, 7) is 0.703. The maximum Gasteiger partial charge on any atom is 0.133 e. The summed E-state index contributed by atoms with van der Waals surface area (Å²) in [6, 6.07) is 4.92. The van der Waals surface area contributed by atoms with E-state index < -0.39 is 0 Å². The van der Waals surface area contributed by atoms with Crippen LogP contribution >= 0.6 is 12.2 Å².